The summed E-state index contributed by atoms with van der Waals surface area (Å²) in [6, 6.07) is 8.58. The van der Waals surface area contributed by atoms with Crippen LogP contribution in [-0.2, 0) is 6.54 Å². The van der Waals surface area contributed by atoms with Crippen LogP contribution in [-0.4, -0.2) is 22.4 Å². The van der Waals surface area contributed by atoms with Crippen LogP contribution in [0.1, 0.15) is 10.4 Å². The summed E-state index contributed by atoms with van der Waals surface area (Å²) in [5.41, 5.74) is -0.311. The zero-order valence-corrected chi connectivity index (χ0v) is 11.2. The Balaban J connectivity index is 2.24. The molecule has 0 saturated heterocycles. The van der Waals surface area contributed by atoms with Crippen LogP contribution in [0.25, 0.3) is 0 Å². The molecular weight excluding hydrogens is 276 g/mol. The summed E-state index contributed by atoms with van der Waals surface area (Å²) in [4.78, 5) is 33.8. The average Bonchev–Trinajstić information content (AvgIpc) is 2.49. The molecule has 0 aliphatic carbocycles. The lowest BCUT2D eigenvalue weighted by Crippen LogP contribution is -2.23. The Bertz CT molecular complexity index is 734. The first-order chi connectivity index (χ1) is 10.0. The molecule has 7 nitrogen and oxygen atoms in total. The number of hydrogen-bond acceptors (Lipinski definition) is 5. The molecule has 0 radical (unpaired) electrons. The van der Waals surface area contributed by atoms with Crippen LogP contribution in [0.15, 0.2) is 47.4 Å². The van der Waals surface area contributed by atoms with Crippen molar-refractivity contribution in [1.29, 1.82) is 0 Å². The molecule has 0 amide bonds. The van der Waals surface area contributed by atoms with Crippen molar-refractivity contribution < 1.29 is 14.5 Å². The van der Waals surface area contributed by atoms with Gasteiger partial charge >= 0.3 is 0 Å². The maximum absolute atomic E-state index is 12.1. The third kappa shape index (κ3) is 3.33. The number of nitrogens with zero attached hydrogens (tertiary/aromatic N) is 2. The predicted molar refractivity (Wildman–Crippen MR) is 74.7 cm³/mol. The first-order valence-corrected chi connectivity index (χ1v) is 6.03. The number of rotatable bonds is 5. The number of ketones is 1. The maximum Gasteiger partial charge on any atom is 0.285 e. The van der Waals surface area contributed by atoms with E-state index in [0.29, 0.717) is 11.3 Å². The first-order valence-electron chi connectivity index (χ1n) is 6.03. The summed E-state index contributed by atoms with van der Waals surface area (Å²) in [5, 5.41) is 10.7. The topological polar surface area (TPSA) is 91.4 Å². The number of aromatic nitrogens is 1. The van der Waals surface area contributed by atoms with Gasteiger partial charge in [0.2, 0.25) is 0 Å². The van der Waals surface area contributed by atoms with Crippen molar-refractivity contribution >= 4 is 11.5 Å². The van der Waals surface area contributed by atoms with Gasteiger partial charge < -0.3 is 9.30 Å². The Morgan fingerprint density at radius 2 is 1.90 bits per heavy atom. The second-order valence-corrected chi connectivity index (χ2v) is 4.26. The lowest BCUT2D eigenvalue weighted by atomic mass is 10.1. The summed E-state index contributed by atoms with van der Waals surface area (Å²) in [5.74, 6) is 0.291. The van der Waals surface area contributed by atoms with Crippen molar-refractivity contribution in [1.82, 2.24) is 4.57 Å². The molecule has 1 aromatic heterocycles. The van der Waals surface area contributed by atoms with Gasteiger partial charge in [-0.3, -0.25) is 19.7 Å². The van der Waals surface area contributed by atoms with E-state index in [1.54, 1.807) is 24.3 Å². The minimum Gasteiger partial charge on any atom is -0.497 e. The highest BCUT2D eigenvalue weighted by molar-refractivity contribution is 5.96. The lowest BCUT2D eigenvalue weighted by molar-refractivity contribution is -0.385. The number of benzene rings is 1. The van der Waals surface area contributed by atoms with Gasteiger partial charge in [0.05, 0.1) is 24.8 Å². The molecule has 21 heavy (non-hydrogen) atoms. The Labute approximate surface area is 119 Å². The SMILES string of the molecule is COc1ccc(C(=O)Cn2cc([N+](=O)[O-])ccc2=O)cc1. The van der Waals surface area contributed by atoms with E-state index in [2.05, 4.69) is 0 Å². The fraction of sp³-hybridized carbons (Fsp3) is 0.143. The summed E-state index contributed by atoms with van der Waals surface area (Å²) < 4.78 is 6.01. The summed E-state index contributed by atoms with van der Waals surface area (Å²) in [7, 11) is 1.51. The van der Waals surface area contributed by atoms with Crippen molar-refractivity contribution in [2.24, 2.45) is 0 Å². The van der Waals surface area contributed by atoms with Crippen molar-refractivity contribution in [2.75, 3.05) is 7.11 Å². The van der Waals surface area contributed by atoms with Crippen LogP contribution in [0.3, 0.4) is 0 Å². The Hall–Kier alpha value is -2.96. The zero-order valence-electron chi connectivity index (χ0n) is 11.2. The van der Waals surface area contributed by atoms with Gasteiger partial charge in [0.25, 0.3) is 11.2 Å². The number of methoxy groups -OCH3 is 1. The van der Waals surface area contributed by atoms with Crippen molar-refractivity contribution in [2.45, 2.75) is 6.54 Å². The Morgan fingerprint density at radius 1 is 1.24 bits per heavy atom. The molecule has 0 atom stereocenters. The van der Waals surface area contributed by atoms with Crippen LogP contribution in [0, 0.1) is 10.1 Å². The van der Waals surface area contributed by atoms with E-state index >= 15 is 0 Å². The largest absolute Gasteiger partial charge is 0.497 e. The van der Waals surface area contributed by atoms with Gasteiger partial charge in [0, 0.05) is 17.7 Å². The number of pyridine rings is 1. The van der Waals surface area contributed by atoms with E-state index in [4.69, 9.17) is 4.74 Å². The quantitative estimate of drug-likeness (QED) is 0.474. The fourth-order valence-corrected chi connectivity index (χ4v) is 1.77. The van der Waals surface area contributed by atoms with Gasteiger partial charge in [0.1, 0.15) is 5.75 Å². The minimum atomic E-state index is -0.617. The molecule has 0 aliphatic heterocycles. The third-order valence-electron chi connectivity index (χ3n) is 2.90. The maximum atomic E-state index is 12.1. The molecule has 0 bridgehead atoms. The van der Waals surface area contributed by atoms with Gasteiger partial charge in [-0.1, -0.05) is 0 Å². The molecule has 0 unspecified atom stereocenters. The smallest absolute Gasteiger partial charge is 0.285 e. The van der Waals surface area contributed by atoms with Crippen LogP contribution >= 0.6 is 0 Å². The monoisotopic (exact) mass is 288 g/mol. The number of nitro groups is 1. The van der Waals surface area contributed by atoms with Crippen molar-refractivity contribution in [3.05, 3.63) is 68.6 Å². The second-order valence-electron chi connectivity index (χ2n) is 4.26. The molecule has 0 saturated carbocycles. The molecule has 2 rings (SSSR count). The highest BCUT2D eigenvalue weighted by Crippen LogP contribution is 2.13. The number of Topliss-reactive ketones (excluding diaryl/α,β-unsaturated/α-hetero) is 1. The third-order valence-corrected chi connectivity index (χ3v) is 2.90. The zero-order chi connectivity index (χ0) is 15.4. The Morgan fingerprint density at radius 3 is 2.48 bits per heavy atom. The molecule has 0 N–H and O–H groups in total. The molecule has 0 aliphatic rings. The van der Waals surface area contributed by atoms with E-state index in [1.165, 1.54) is 7.11 Å². The molecule has 108 valence electrons. The number of ether oxygens (including phenoxy) is 1. The van der Waals surface area contributed by atoms with Crippen LogP contribution in [0.4, 0.5) is 5.69 Å². The predicted octanol–water partition coefficient (Wildman–Crippen LogP) is 1.65. The molecule has 2 aromatic rings. The van der Waals surface area contributed by atoms with E-state index in [1.807, 2.05) is 0 Å². The van der Waals surface area contributed by atoms with Gasteiger partial charge in [-0.15, -0.1) is 0 Å². The normalized spacial score (nSPS) is 10.1. The fourth-order valence-electron chi connectivity index (χ4n) is 1.77. The summed E-state index contributed by atoms with van der Waals surface area (Å²) in [6.45, 7) is -0.257. The van der Waals surface area contributed by atoms with Crippen LogP contribution in [0.5, 0.6) is 5.75 Å². The number of hydrogen-bond donors (Lipinski definition) is 0. The van der Waals surface area contributed by atoms with E-state index < -0.39 is 10.5 Å². The molecule has 1 heterocycles. The second kappa shape index (κ2) is 6.00. The summed E-state index contributed by atoms with van der Waals surface area (Å²) in [6.07, 6.45) is 1.06. The molecular formula is C14H12N2O5. The molecule has 1 aromatic carbocycles. The van der Waals surface area contributed by atoms with E-state index in [9.17, 15) is 19.7 Å². The molecule has 7 heteroatoms. The average molecular weight is 288 g/mol. The highest BCUT2D eigenvalue weighted by Gasteiger charge is 2.12. The first kappa shape index (κ1) is 14.4. The van der Waals surface area contributed by atoms with Crippen molar-refractivity contribution in [3.63, 3.8) is 0 Å². The van der Waals surface area contributed by atoms with Gasteiger partial charge in [0.15, 0.2) is 5.78 Å². The molecule has 0 spiro atoms. The Kier molecular flexibility index (Phi) is 4.13. The minimum absolute atomic E-state index is 0.239. The highest BCUT2D eigenvalue weighted by atomic mass is 16.6. The van der Waals surface area contributed by atoms with Crippen LogP contribution in [0.2, 0.25) is 0 Å². The lowest BCUT2D eigenvalue weighted by Gasteiger charge is -2.05. The standard InChI is InChI=1S/C14H12N2O5/c1-21-12-5-2-10(3-6-12)13(17)9-15-8-11(16(19)20)4-7-14(15)18/h2-8H,9H2,1H3. The summed E-state index contributed by atoms with van der Waals surface area (Å²) >= 11 is 0. The van der Waals surface area contributed by atoms with Crippen LogP contribution < -0.4 is 10.3 Å². The number of carbonyl (C=O) groups is 1. The van der Waals surface area contributed by atoms with Gasteiger partial charge in [-0.2, -0.15) is 0 Å². The van der Waals surface area contributed by atoms with Gasteiger partial charge in [-0.05, 0) is 24.3 Å². The van der Waals surface area contributed by atoms with E-state index in [-0.39, 0.29) is 18.0 Å². The molecule has 0 fully saturated rings. The number of carbonyl (C=O) groups excluding carboxylic acids is 1. The van der Waals surface area contributed by atoms with Crippen molar-refractivity contribution in [3.8, 4) is 5.75 Å². The van der Waals surface area contributed by atoms with Gasteiger partial charge in [-0.25, -0.2) is 0 Å². The van der Waals surface area contributed by atoms with E-state index in [0.717, 1.165) is 22.9 Å².